The zero-order valence-electron chi connectivity index (χ0n) is 9.88. The maximum atomic E-state index is 12.6. The minimum Gasteiger partial charge on any atom is -0.400 e. The number of alkyl halides is 3. The van der Waals surface area contributed by atoms with E-state index in [1.165, 1.54) is 6.08 Å². The van der Waals surface area contributed by atoms with Crippen LogP contribution in [0.2, 0.25) is 0 Å². The van der Waals surface area contributed by atoms with Crippen molar-refractivity contribution in [2.75, 3.05) is 6.54 Å². The highest BCUT2D eigenvalue weighted by molar-refractivity contribution is 5.99. The molecule has 1 aliphatic rings. The molecule has 0 aromatic rings. The number of aliphatic imine (C=N–C) groups is 1. The highest BCUT2D eigenvalue weighted by atomic mass is 19.4. The zero-order chi connectivity index (χ0) is 13.8. The molecule has 0 saturated carbocycles. The second kappa shape index (κ2) is 5.66. The lowest BCUT2D eigenvalue weighted by Crippen LogP contribution is -2.16. The first-order chi connectivity index (χ1) is 8.32. The van der Waals surface area contributed by atoms with Gasteiger partial charge in [0.2, 0.25) is 0 Å². The number of nitrogens with zero attached hydrogens (tertiary/aromatic N) is 1. The molecule has 0 spiro atoms. The number of hydrogen-bond donors (Lipinski definition) is 2. The lowest BCUT2D eigenvalue weighted by atomic mass is 9.98. The number of nitrogens with one attached hydrogen (secondary N) is 1. The number of nitrogens with two attached hydrogens (primary N) is 1. The third kappa shape index (κ3) is 4.20. The second-order valence-corrected chi connectivity index (χ2v) is 3.98. The first-order valence-electron chi connectivity index (χ1n) is 5.27. The Labute approximate surface area is 103 Å². The van der Waals surface area contributed by atoms with Gasteiger partial charge in [-0.2, -0.15) is 13.2 Å². The molecule has 0 radical (unpaired) electrons. The molecule has 0 aromatic carbocycles. The van der Waals surface area contributed by atoms with Crippen LogP contribution >= 0.6 is 0 Å². The van der Waals surface area contributed by atoms with Crippen molar-refractivity contribution in [3.63, 3.8) is 0 Å². The summed E-state index contributed by atoms with van der Waals surface area (Å²) in [6, 6.07) is 0. The van der Waals surface area contributed by atoms with Crippen molar-refractivity contribution in [2.45, 2.75) is 19.5 Å². The number of hydrogen-bond acceptors (Lipinski definition) is 3. The Hall–Kier alpha value is -1.85. The number of halogens is 3. The summed E-state index contributed by atoms with van der Waals surface area (Å²) in [5, 5.41) is 6.80. The van der Waals surface area contributed by atoms with Gasteiger partial charge in [-0.1, -0.05) is 11.6 Å². The Morgan fingerprint density at radius 2 is 2.17 bits per heavy atom. The fourth-order valence-electron chi connectivity index (χ4n) is 1.49. The van der Waals surface area contributed by atoms with E-state index in [4.69, 9.17) is 11.1 Å². The van der Waals surface area contributed by atoms with E-state index in [9.17, 15) is 13.2 Å². The van der Waals surface area contributed by atoms with Crippen LogP contribution in [0.1, 0.15) is 13.3 Å². The molecule has 0 amide bonds. The summed E-state index contributed by atoms with van der Waals surface area (Å²) >= 11 is 0. The third-order valence-corrected chi connectivity index (χ3v) is 2.27. The lowest BCUT2D eigenvalue weighted by molar-refractivity contribution is -0.0882. The molecule has 0 aliphatic heterocycles. The SMILES string of the molecule is CC1=CC(C(F)(F)F)=CC(=NCC(N)=CC=N)C1. The smallest absolute Gasteiger partial charge is 0.400 e. The highest BCUT2D eigenvalue weighted by Gasteiger charge is 2.33. The van der Waals surface area contributed by atoms with Crippen molar-refractivity contribution in [1.82, 2.24) is 0 Å². The summed E-state index contributed by atoms with van der Waals surface area (Å²) in [6.45, 7) is 1.73. The van der Waals surface area contributed by atoms with E-state index < -0.39 is 11.7 Å². The molecule has 3 nitrogen and oxygen atoms in total. The molecule has 0 fully saturated rings. The van der Waals surface area contributed by atoms with E-state index in [2.05, 4.69) is 4.99 Å². The summed E-state index contributed by atoms with van der Waals surface area (Å²) in [5.41, 5.74) is 6.11. The Morgan fingerprint density at radius 1 is 1.50 bits per heavy atom. The van der Waals surface area contributed by atoms with Gasteiger partial charge in [-0.05, 0) is 19.1 Å². The number of allylic oxidation sites excluding steroid dienone is 5. The third-order valence-electron chi connectivity index (χ3n) is 2.27. The molecule has 0 unspecified atom stereocenters. The van der Waals surface area contributed by atoms with Crippen molar-refractivity contribution in [3.05, 3.63) is 35.1 Å². The van der Waals surface area contributed by atoms with Crippen LogP contribution in [-0.2, 0) is 0 Å². The molecule has 6 heteroatoms. The van der Waals surface area contributed by atoms with E-state index in [0.717, 1.165) is 18.4 Å². The molecular formula is C12H14F3N3. The van der Waals surface area contributed by atoms with Gasteiger partial charge >= 0.3 is 6.18 Å². The topological polar surface area (TPSA) is 62.2 Å². The van der Waals surface area contributed by atoms with Crippen molar-refractivity contribution < 1.29 is 13.2 Å². The van der Waals surface area contributed by atoms with Crippen LogP contribution in [0.3, 0.4) is 0 Å². The van der Waals surface area contributed by atoms with E-state index in [0.29, 0.717) is 23.4 Å². The van der Waals surface area contributed by atoms with Gasteiger partial charge in [0, 0.05) is 24.0 Å². The Morgan fingerprint density at radius 3 is 2.72 bits per heavy atom. The van der Waals surface area contributed by atoms with Gasteiger partial charge in [0.25, 0.3) is 0 Å². The summed E-state index contributed by atoms with van der Waals surface area (Å²) in [7, 11) is 0. The minimum atomic E-state index is -4.36. The minimum absolute atomic E-state index is 0.0969. The average Bonchev–Trinajstić information content (AvgIpc) is 2.25. The summed E-state index contributed by atoms with van der Waals surface area (Å²) in [4.78, 5) is 4.02. The fourth-order valence-corrected chi connectivity index (χ4v) is 1.49. The Bertz CT molecular complexity index is 454. The molecule has 3 N–H and O–H groups in total. The molecule has 0 heterocycles. The van der Waals surface area contributed by atoms with Crippen molar-refractivity contribution >= 4 is 11.9 Å². The fraction of sp³-hybridized carbons (Fsp3) is 0.333. The van der Waals surface area contributed by atoms with Crippen LogP contribution in [-0.4, -0.2) is 24.6 Å². The molecule has 18 heavy (non-hydrogen) atoms. The van der Waals surface area contributed by atoms with Crippen LogP contribution in [0.4, 0.5) is 13.2 Å². The first-order valence-corrected chi connectivity index (χ1v) is 5.27. The van der Waals surface area contributed by atoms with Crippen LogP contribution in [0.15, 0.2) is 40.1 Å². The summed E-state index contributed by atoms with van der Waals surface area (Å²) in [5.74, 6) is 0. The predicted octanol–water partition coefficient (Wildman–Crippen LogP) is 2.76. The quantitative estimate of drug-likeness (QED) is 0.750. The summed E-state index contributed by atoms with van der Waals surface area (Å²) < 4.78 is 37.7. The van der Waals surface area contributed by atoms with Crippen molar-refractivity contribution in [3.8, 4) is 0 Å². The van der Waals surface area contributed by atoms with Gasteiger partial charge < -0.3 is 11.1 Å². The molecule has 0 bridgehead atoms. The largest absolute Gasteiger partial charge is 0.416 e. The Kier molecular flexibility index (Phi) is 4.47. The van der Waals surface area contributed by atoms with Gasteiger partial charge in [-0.15, -0.1) is 0 Å². The highest BCUT2D eigenvalue weighted by Crippen LogP contribution is 2.30. The van der Waals surface area contributed by atoms with E-state index >= 15 is 0 Å². The van der Waals surface area contributed by atoms with Crippen molar-refractivity contribution in [1.29, 1.82) is 5.41 Å². The van der Waals surface area contributed by atoms with Gasteiger partial charge in [-0.3, -0.25) is 4.99 Å². The van der Waals surface area contributed by atoms with Gasteiger partial charge in [0.15, 0.2) is 0 Å². The maximum Gasteiger partial charge on any atom is 0.416 e. The van der Waals surface area contributed by atoms with E-state index in [1.807, 2.05) is 0 Å². The molecule has 1 rings (SSSR count). The first kappa shape index (κ1) is 14.2. The molecule has 98 valence electrons. The van der Waals surface area contributed by atoms with Crippen LogP contribution in [0.25, 0.3) is 0 Å². The van der Waals surface area contributed by atoms with Crippen LogP contribution in [0.5, 0.6) is 0 Å². The number of rotatable bonds is 3. The molecule has 0 aromatic heterocycles. The van der Waals surface area contributed by atoms with E-state index in [-0.39, 0.29) is 6.54 Å². The predicted molar refractivity (Wildman–Crippen MR) is 65.9 cm³/mol. The summed E-state index contributed by atoms with van der Waals surface area (Å²) in [6.07, 6.45) is 0.541. The van der Waals surface area contributed by atoms with Gasteiger partial charge in [-0.25, -0.2) is 0 Å². The van der Waals surface area contributed by atoms with Crippen LogP contribution < -0.4 is 5.73 Å². The van der Waals surface area contributed by atoms with Gasteiger partial charge in [0.05, 0.1) is 12.1 Å². The van der Waals surface area contributed by atoms with Gasteiger partial charge in [0.1, 0.15) is 0 Å². The Balaban J connectivity index is 2.89. The normalized spacial score (nSPS) is 19.6. The molecular weight excluding hydrogens is 243 g/mol. The maximum absolute atomic E-state index is 12.6. The van der Waals surface area contributed by atoms with Crippen LogP contribution in [0, 0.1) is 5.41 Å². The second-order valence-electron chi connectivity index (χ2n) is 3.98. The van der Waals surface area contributed by atoms with Crippen molar-refractivity contribution in [2.24, 2.45) is 10.7 Å². The molecule has 0 saturated heterocycles. The standard InChI is InChI=1S/C12H14F3N3/c1-8-4-9(12(13,14)15)6-11(5-8)18-7-10(17)2-3-16/h2-4,6,16H,5,7,17H2,1H3. The van der Waals surface area contributed by atoms with E-state index in [1.54, 1.807) is 6.92 Å². The molecule has 0 atom stereocenters. The zero-order valence-corrected chi connectivity index (χ0v) is 9.88. The average molecular weight is 257 g/mol. The molecule has 1 aliphatic carbocycles. The monoisotopic (exact) mass is 257 g/mol. The lowest BCUT2D eigenvalue weighted by Gasteiger charge is -2.15.